The fraction of sp³-hybridized carbons (Fsp3) is 0.200. The molecule has 4 heterocycles. The first-order valence-electron chi connectivity index (χ1n) is 8.75. The van der Waals surface area contributed by atoms with E-state index in [0.29, 0.717) is 27.5 Å². The van der Waals surface area contributed by atoms with Crippen molar-refractivity contribution in [1.82, 2.24) is 14.6 Å². The van der Waals surface area contributed by atoms with Crippen molar-refractivity contribution in [3.8, 4) is 11.5 Å². The minimum atomic E-state index is -0.195. The monoisotopic (exact) mass is 392 g/mol. The molecular formula is C20H16N4O3S. The number of aromatic nitrogens is 3. The third-order valence-corrected chi connectivity index (χ3v) is 5.71. The number of hydrogen-bond donors (Lipinski definition) is 0. The number of thiophene rings is 1. The van der Waals surface area contributed by atoms with Gasteiger partial charge in [0, 0.05) is 11.1 Å². The van der Waals surface area contributed by atoms with Gasteiger partial charge in [-0.25, -0.2) is 9.97 Å². The Morgan fingerprint density at radius 2 is 1.96 bits per heavy atom. The molecule has 5 rings (SSSR count). The van der Waals surface area contributed by atoms with Crippen molar-refractivity contribution in [2.45, 2.75) is 20.8 Å². The molecule has 0 N–H and O–H groups in total. The predicted molar refractivity (Wildman–Crippen MR) is 109 cm³/mol. The number of hydrogen-bond acceptors (Lipinski definition) is 7. The molecule has 28 heavy (non-hydrogen) atoms. The topological polar surface area (TPSA) is 78.6 Å². The number of rotatable bonds is 2. The highest BCUT2D eigenvalue weighted by molar-refractivity contribution is 7.25. The summed E-state index contributed by atoms with van der Waals surface area (Å²) in [4.78, 5) is 23.1. The molecule has 0 amide bonds. The highest BCUT2D eigenvalue weighted by Gasteiger charge is 2.17. The van der Waals surface area contributed by atoms with Crippen LogP contribution in [-0.2, 0) is 0 Å². The fourth-order valence-electron chi connectivity index (χ4n) is 3.38. The van der Waals surface area contributed by atoms with E-state index >= 15 is 0 Å². The second kappa shape index (κ2) is 6.13. The molecule has 0 unspecified atom stereocenters. The van der Waals surface area contributed by atoms with Crippen LogP contribution in [-0.4, -0.2) is 27.7 Å². The van der Waals surface area contributed by atoms with Gasteiger partial charge in [-0.1, -0.05) is 0 Å². The summed E-state index contributed by atoms with van der Waals surface area (Å²) in [6.45, 7) is 5.96. The molecule has 140 valence electrons. The van der Waals surface area contributed by atoms with E-state index in [0.717, 1.165) is 27.0 Å². The highest BCUT2D eigenvalue weighted by Crippen LogP contribution is 2.33. The van der Waals surface area contributed by atoms with Gasteiger partial charge in [0.25, 0.3) is 5.56 Å². The Hall–Kier alpha value is -3.26. The molecule has 0 spiro atoms. The first-order chi connectivity index (χ1) is 13.5. The Balaban J connectivity index is 1.65. The van der Waals surface area contributed by atoms with Crippen molar-refractivity contribution in [2.75, 3.05) is 6.79 Å². The number of ether oxygens (including phenoxy) is 2. The van der Waals surface area contributed by atoms with E-state index in [2.05, 4.69) is 15.1 Å². The van der Waals surface area contributed by atoms with Crippen molar-refractivity contribution >= 4 is 38.0 Å². The number of benzene rings is 1. The van der Waals surface area contributed by atoms with Gasteiger partial charge in [0.1, 0.15) is 15.4 Å². The van der Waals surface area contributed by atoms with Crippen LogP contribution in [0.3, 0.4) is 0 Å². The molecule has 8 heteroatoms. The van der Waals surface area contributed by atoms with Crippen LogP contribution >= 0.6 is 11.3 Å². The standard InChI is InChI=1S/C20H16N4O3S/c1-10-6-11(2)22-19-16(10)17-18(28-19)20(25)24(12(3)23-17)21-8-13-4-5-14-15(7-13)27-9-26-14/h4-8H,9H2,1-3H3. The second-order valence-electron chi connectivity index (χ2n) is 6.67. The van der Waals surface area contributed by atoms with Gasteiger partial charge in [0.05, 0.1) is 11.7 Å². The van der Waals surface area contributed by atoms with Crippen LogP contribution in [0, 0.1) is 20.8 Å². The molecule has 1 aromatic carbocycles. The molecule has 0 radical (unpaired) electrons. The van der Waals surface area contributed by atoms with Gasteiger partial charge < -0.3 is 9.47 Å². The van der Waals surface area contributed by atoms with Crippen LogP contribution in [0.25, 0.3) is 20.4 Å². The summed E-state index contributed by atoms with van der Waals surface area (Å²) in [6, 6.07) is 7.52. The lowest BCUT2D eigenvalue weighted by Gasteiger charge is -2.04. The quantitative estimate of drug-likeness (QED) is 0.488. The van der Waals surface area contributed by atoms with Crippen LogP contribution in [0.1, 0.15) is 22.6 Å². The Labute approximate surface area is 163 Å². The van der Waals surface area contributed by atoms with E-state index in [1.807, 2.05) is 38.1 Å². The average molecular weight is 392 g/mol. The van der Waals surface area contributed by atoms with E-state index < -0.39 is 0 Å². The molecule has 4 aromatic rings. The Bertz CT molecular complexity index is 1350. The lowest BCUT2D eigenvalue weighted by Crippen LogP contribution is -2.19. The molecule has 3 aromatic heterocycles. The summed E-state index contributed by atoms with van der Waals surface area (Å²) in [7, 11) is 0. The molecule has 0 aliphatic carbocycles. The molecular weight excluding hydrogens is 376 g/mol. The summed E-state index contributed by atoms with van der Waals surface area (Å²) in [5, 5.41) is 5.31. The third kappa shape index (κ3) is 2.56. The Morgan fingerprint density at radius 3 is 2.82 bits per heavy atom. The maximum absolute atomic E-state index is 13.1. The van der Waals surface area contributed by atoms with Crippen molar-refractivity contribution in [3.63, 3.8) is 0 Å². The Kier molecular flexibility index (Phi) is 3.70. The minimum absolute atomic E-state index is 0.195. The lowest BCUT2D eigenvalue weighted by molar-refractivity contribution is 0.174. The summed E-state index contributed by atoms with van der Waals surface area (Å²) in [5.74, 6) is 1.90. The summed E-state index contributed by atoms with van der Waals surface area (Å²) >= 11 is 1.36. The van der Waals surface area contributed by atoms with Gasteiger partial charge in [-0.15, -0.1) is 11.3 Å². The molecule has 0 saturated carbocycles. The van der Waals surface area contributed by atoms with Gasteiger partial charge in [0.15, 0.2) is 11.5 Å². The fourth-order valence-corrected chi connectivity index (χ4v) is 4.54. The third-order valence-electron chi connectivity index (χ3n) is 4.65. The lowest BCUT2D eigenvalue weighted by atomic mass is 10.1. The normalized spacial score (nSPS) is 13.2. The maximum Gasteiger partial charge on any atom is 0.292 e. The first-order valence-corrected chi connectivity index (χ1v) is 9.57. The molecule has 0 fully saturated rings. The van der Waals surface area contributed by atoms with Gasteiger partial charge >= 0.3 is 0 Å². The number of fused-ring (bicyclic) bond motifs is 4. The smallest absolute Gasteiger partial charge is 0.292 e. The van der Waals surface area contributed by atoms with Gasteiger partial charge in [0.2, 0.25) is 6.79 Å². The van der Waals surface area contributed by atoms with Crippen molar-refractivity contribution in [1.29, 1.82) is 0 Å². The minimum Gasteiger partial charge on any atom is -0.454 e. The zero-order valence-electron chi connectivity index (χ0n) is 15.5. The second-order valence-corrected chi connectivity index (χ2v) is 7.67. The van der Waals surface area contributed by atoms with Gasteiger partial charge in [-0.05, 0) is 56.2 Å². The van der Waals surface area contributed by atoms with E-state index in [9.17, 15) is 4.79 Å². The summed E-state index contributed by atoms with van der Waals surface area (Å²) < 4.78 is 12.6. The van der Waals surface area contributed by atoms with Crippen molar-refractivity contribution < 1.29 is 9.47 Å². The zero-order chi connectivity index (χ0) is 19.4. The SMILES string of the molecule is Cc1cc(C)c2c(n1)sc1c(=O)n(N=Cc3ccc4c(c3)OCO4)c(C)nc12. The number of aryl methyl sites for hydroxylation is 3. The van der Waals surface area contributed by atoms with E-state index in [1.54, 1.807) is 13.1 Å². The summed E-state index contributed by atoms with van der Waals surface area (Å²) in [6.07, 6.45) is 1.62. The van der Waals surface area contributed by atoms with Crippen molar-refractivity contribution in [2.24, 2.45) is 5.10 Å². The molecule has 7 nitrogen and oxygen atoms in total. The predicted octanol–water partition coefficient (Wildman–Crippen LogP) is 3.54. The van der Waals surface area contributed by atoms with Gasteiger partial charge in [-0.2, -0.15) is 9.78 Å². The first kappa shape index (κ1) is 16.9. The van der Waals surface area contributed by atoms with E-state index in [1.165, 1.54) is 16.0 Å². The molecule has 1 aliphatic heterocycles. The van der Waals surface area contributed by atoms with Gasteiger partial charge in [-0.3, -0.25) is 4.79 Å². The largest absolute Gasteiger partial charge is 0.454 e. The molecule has 0 saturated heterocycles. The average Bonchev–Trinajstić information content (AvgIpc) is 3.25. The van der Waals surface area contributed by atoms with Crippen molar-refractivity contribution in [3.05, 3.63) is 57.3 Å². The molecule has 0 bridgehead atoms. The van der Waals surface area contributed by atoms with Crippen LogP contribution in [0.5, 0.6) is 11.5 Å². The van der Waals surface area contributed by atoms with Crippen LogP contribution in [0.15, 0.2) is 34.2 Å². The molecule has 1 aliphatic rings. The number of nitrogens with zero attached hydrogens (tertiary/aromatic N) is 4. The molecule has 0 atom stereocenters. The van der Waals surface area contributed by atoms with Crippen LogP contribution in [0.4, 0.5) is 0 Å². The van der Waals surface area contributed by atoms with Crippen LogP contribution < -0.4 is 15.0 Å². The highest BCUT2D eigenvalue weighted by atomic mass is 32.1. The Morgan fingerprint density at radius 1 is 1.14 bits per heavy atom. The zero-order valence-corrected chi connectivity index (χ0v) is 16.3. The number of pyridine rings is 1. The van der Waals surface area contributed by atoms with Crippen LogP contribution in [0.2, 0.25) is 0 Å². The van der Waals surface area contributed by atoms with E-state index in [-0.39, 0.29) is 12.4 Å². The maximum atomic E-state index is 13.1. The van der Waals surface area contributed by atoms with E-state index in [4.69, 9.17) is 9.47 Å². The summed E-state index contributed by atoms with van der Waals surface area (Å²) in [5.41, 5.74) is 3.30.